The first-order valence-corrected chi connectivity index (χ1v) is 6.76. The molecule has 0 amide bonds. The van der Waals surface area contributed by atoms with Crippen molar-refractivity contribution in [3.63, 3.8) is 0 Å². The zero-order valence-corrected chi connectivity index (χ0v) is 12.4. The van der Waals surface area contributed by atoms with Gasteiger partial charge in [0.2, 0.25) is 0 Å². The molecule has 0 fully saturated rings. The maximum Gasteiger partial charge on any atom is 0.275 e. The van der Waals surface area contributed by atoms with E-state index < -0.39 is 4.92 Å². The molecule has 0 radical (unpaired) electrons. The number of anilines is 1. The van der Waals surface area contributed by atoms with Gasteiger partial charge in [0.25, 0.3) is 5.69 Å². The highest BCUT2D eigenvalue weighted by molar-refractivity contribution is 9.10. The van der Waals surface area contributed by atoms with E-state index in [1.54, 1.807) is 18.2 Å². The zero-order valence-electron chi connectivity index (χ0n) is 10.1. The standard InChI is InChI=1S/C13H9BrClFN2O2/c14-11-6-10(16)3-4-12(11)17-7-8-1-2-9(15)5-13(8)18(19)20/h1-6,17H,7H2. The second-order valence-electron chi connectivity index (χ2n) is 4.01. The molecule has 0 aliphatic heterocycles. The van der Waals surface area contributed by atoms with Crippen molar-refractivity contribution in [2.75, 3.05) is 5.32 Å². The zero-order chi connectivity index (χ0) is 14.7. The Morgan fingerprint density at radius 1 is 1.30 bits per heavy atom. The average molecular weight is 360 g/mol. The van der Waals surface area contributed by atoms with Crippen LogP contribution >= 0.6 is 27.5 Å². The molecule has 0 atom stereocenters. The smallest absolute Gasteiger partial charge is 0.275 e. The lowest BCUT2D eigenvalue weighted by molar-refractivity contribution is -0.385. The molecule has 0 saturated carbocycles. The number of hydrogen-bond acceptors (Lipinski definition) is 3. The van der Waals surface area contributed by atoms with Gasteiger partial charge in [-0.1, -0.05) is 11.6 Å². The van der Waals surface area contributed by atoms with Crippen LogP contribution in [0.15, 0.2) is 40.9 Å². The summed E-state index contributed by atoms with van der Waals surface area (Å²) in [4.78, 5) is 10.5. The van der Waals surface area contributed by atoms with E-state index in [2.05, 4.69) is 21.2 Å². The van der Waals surface area contributed by atoms with E-state index in [0.717, 1.165) is 0 Å². The van der Waals surface area contributed by atoms with E-state index in [0.29, 0.717) is 20.7 Å². The summed E-state index contributed by atoms with van der Waals surface area (Å²) in [5.74, 6) is -0.361. The van der Waals surface area contributed by atoms with E-state index >= 15 is 0 Å². The lowest BCUT2D eigenvalue weighted by Crippen LogP contribution is -2.03. The van der Waals surface area contributed by atoms with Crippen molar-refractivity contribution in [2.24, 2.45) is 0 Å². The van der Waals surface area contributed by atoms with Gasteiger partial charge in [0.1, 0.15) is 5.82 Å². The van der Waals surface area contributed by atoms with Crippen molar-refractivity contribution in [2.45, 2.75) is 6.54 Å². The maximum absolute atomic E-state index is 13.0. The fraction of sp³-hybridized carbons (Fsp3) is 0.0769. The SMILES string of the molecule is O=[N+]([O-])c1cc(Cl)ccc1CNc1ccc(F)cc1Br. The minimum atomic E-state index is -0.484. The van der Waals surface area contributed by atoms with Crippen molar-refractivity contribution >= 4 is 38.9 Å². The molecule has 0 unspecified atom stereocenters. The highest BCUT2D eigenvalue weighted by Crippen LogP contribution is 2.27. The number of nitro groups is 1. The number of nitrogens with zero attached hydrogens (tertiary/aromatic N) is 1. The van der Waals surface area contributed by atoms with Crippen LogP contribution in [0.1, 0.15) is 5.56 Å². The summed E-state index contributed by atoms with van der Waals surface area (Å²) in [6.07, 6.45) is 0. The first-order valence-electron chi connectivity index (χ1n) is 5.59. The summed E-state index contributed by atoms with van der Waals surface area (Å²) in [5.41, 5.74) is 1.09. The fourth-order valence-corrected chi connectivity index (χ4v) is 2.34. The van der Waals surface area contributed by atoms with E-state index in [4.69, 9.17) is 11.6 Å². The monoisotopic (exact) mass is 358 g/mol. The summed E-state index contributed by atoms with van der Waals surface area (Å²) in [6, 6.07) is 8.66. The van der Waals surface area contributed by atoms with E-state index in [1.807, 2.05) is 0 Å². The van der Waals surface area contributed by atoms with Gasteiger partial charge in [-0.15, -0.1) is 0 Å². The molecule has 2 aromatic carbocycles. The van der Waals surface area contributed by atoms with E-state index in [-0.39, 0.29) is 18.0 Å². The van der Waals surface area contributed by atoms with Crippen LogP contribution in [0.4, 0.5) is 15.8 Å². The topological polar surface area (TPSA) is 55.2 Å². The number of rotatable bonds is 4. The van der Waals surface area contributed by atoms with Crippen molar-refractivity contribution in [3.05, 3.63) is 67.4 Å². The van der Waals surface area contributed by atoms with Gasteiger partial charge in [0.15, 0.2) is 0 Å². The molecule has 0 bridgehead atoms. The highest BCUT2D eigenvalue weighted by Gasteiger charge is 2.14. The Bertz CT molecular complexity index is 667. The largest absolute Gasteiger partial charge is 0.380 e. The number of nitrogens with one attached hydrogen (secondary N) is 1. The molecule has 0 aromatic heterocycles. The second kappa shape index (κ2) is 6.19. The molecule has 0 spiro atoms. The number of nitro benzene ring substituents is 1. The predicted octanol–water partition coefficient (Wildman–Crippen LogP) is 4.76. The number of halogens is 3. The van der Waals surface area contributed by atoms with E-state index in [9.17, 15) is 14.5 Å². The molecule has 104 valence electrons. The van der Waals surface area contributed by atoms with Crippen LogP contribution in [0.2, 0.25) is 5.02 Å². The molecule has 2 rings (SSSR count). The van der Waals surface area contributed by atoms with Crippen LogP contribution < -0.4 is 5.32 Å². The fourth-order valence-electron chi connectivity index (χ4n) is 1.68. The lowest BCUT2D eigenvalue weighted by Gasteiger charge is -2.09. The Kier molecular flexibility index (Phi) is 4.57. The third-order valence-corrected chi connectivity index (χ3v) is 3.54. The Labute approximate surface area is 127 Å². The molecular weight excluding hydrogens is 351 g/mol. The average Bonchev–Trinajstić information content (AvgIpc) is 2.38. The van der Waals surface area contributed by atoms with Gasteiger partial charge in [-0.25, -0.2) is 4.39 Å². The first kappa shape index (κ1) is 14.7. The van der Waals surface area contributed by atoms with Crippen LogP contribution in [-0.2, 0) is 6.54 Å². The molecule has 0 aliphatic carbocycles. The third-order valence-electron chi connectivity index (χ3n) is 2.64. The van der Waals surface area contributed by atoms with Gasteiger partial charge < -0.3 is 5.32 Å². The molecule has 2 aromatic rings. The minimum absolute atomic E-state index is 0.0526. The van der Waals surface area contributed by atoms with Gasteiger partial charge in [0, 0.05) is 33.4 Å². The molecule has 0 aliphatic rings. The van der Waals surface area contributed by atoms with E-state index in [1.165, 1.54) is 18.2 Å². The van der Waals surface area contributed by atoms with Crippen molar-refractivity contribution in [1.82, 2.24) is 0 Å². The molecule has 1 N–H and O–H groups in total. The Morgan fingerprint density at radius 3 is 2.70 bits per heavy atom. The van der Waals surface area contributed by atoms with Crippen LogP contribution in [-0.4, -0.2) is 4.92 Å². The summed E-state index contributed by atoms with van der Waals surface area (Å²) >= 11 is 8.97. The number of hydrogen-bond donors (Lipinski definition) is 1. The van der Waals surface area contributed by atoms with Crippen molar-refractivity contribution in [1.29, 1.82) is 0 Å². The summed E-state index contributed by atoms with van der Waals surface area (Å²) in [5, 5.41) is 14.3. The Hall–Kier alpha value is -1.66. The summed E-state index contributed by atoms with van der Waals surface area (Å²) in [7, 11) is 0. The molecule has 20 heavy (non-hydrogen) atoms. The van der Waals surface area contributed by atoms with Crippen LogP contribution in [0.25, 0.3) is 0 Å². The van der Waals surface area contributed by atoms with Gasteiger partial charge >= 0.3 is 0 Å². The van der Waals surface area contributed by atoms with Crippen molar-refractivity contribution < 1.29 is 9.31 Å². The van der Waals surface area contributed by atoms with Crippen molar-refractivity contribution in [3.8, 4) is 0 Å². The predicted molar refractivity (Wildman–Crippen MR) is 79.5 cm³/mol. The van der Waals surface area contributed by atoms with Gasteiger partial charge in [-0.05, 0) is 46.3 Å². The highest BCUT2D eigenvalue weighted by atomic mass is 79.9. The molecule has 7 heteroatoms. The normalized spacial score (nSPS) is 10.3. The quantitative estimate of drug-likeness (QED) is 0.632. The van der Waals surface area contributed by atoms with Gasteiger partial charge in [-0.2, -0.15) is 0 Å². The Morgan fingerprint density at radius 2 is 2.05 bits per heavy atom. The molecule has 4 nitrogen and oxygen atoms in total. The third kappa shape index (κ3) is 3.46. The number of benzene rings is 2. The second-order valence-corrected chi connectivity index (χ2v) is 5.30. The first-order chi connectivity index (χ1) is 9.47. The van der Waals surface area contributed by atoms with Crippen LogP contribution in [0.5, 0.6) is 0 Å². The van der Waals surface area contributed by atoms with Gasteiger partial charge in [0.05, 0.1) is 4.92 Å². The summed E-state index contributed by atoms with van der Waals surface area (Å²) in [6.45, 7) is 0.234. The molecular formula is C13H9BrClFN2O2. The Balaban J connectivity index is 2.20. The van der Waals surface area contributed by atoms with Crippen LogP contribution in [0.3, 0.4) is 0 Å². The molecule has 0 saturated heterocycles. The minimum Gasteiger partial charge on any atom is -0.380 e. The summed E-state index contributed by atoms with van der Waals surface area (Å²) < 4.78 is 13.5. The molecule has 0 heterocycles. The maximum atomic E-state index is 13.0. The lowest BCUT2D eigenvalue weighted by atomic mass is 10.1. The van der Waals surface area contributed by atoms with Crippen LogP contribution in [0, 0.1) is 15.9 Å². The van der Waals surface area contributed by atoms with Gasteiger partial charge in [-0.3, -0.25) is 10.1 Å².